The number of benzene rings is 1. The van der Waals surface area contributed by atoms with Gasteiger partial charge in [-0.05, 0) is 29.9 Å². The van der Waals surface area contributed by atoms with Gasteiger partial charge in [0, 0.05) is 29.5 Å². The lowest BCUT2D eigenvalue weighted by molar-refractivity contribution is -0.134. The van der Waals surface area contributed by atoms with Crippen LogP contribution in [0.15, 0.2) is 47.8 Å². The highest BCUT2D eigenvalue weighted by Crippen LogP contribution is 2.33. The molecule has 1 fully saturated rings. The van der Waals surface area contributed by atoms with Crippen molar-refractivity contribution in [3.63, 3.8) is 0 Å². The molecule has 0 bridgehead atoms. The Kier molecular flexibility index (Phi) is 6.75. The molecular formula is C19H23NO2S2. The summed E-state index contributed by atoms with van der Waals surface area (Å²) in [6, 6.07) is 14.3. The summed E-state index contributed by atoms with van der Waals surface area (Å²) >= 11 is 3.64. The molecule has 0 radical (unpaired) electrons. The molecule has 1 aromatic heterocycles. The van der Waals surface area contributed by atoms with Gasteiger partial charge in [0.05, 0.1) is 12.0 Å². The van der Waals surface area contributed by atoms with E-state index >= 15 is 0 Å². The topological polar surface area (TPSA) is 38.3 Å². The Morgan fingerprint density at radius 1 is 1.25 bits per heavy atom. The number of amides is 1. The van der Waals surface area contributed by atoms with Crippen molar-refractivity contribution in [3.05, 3.63) is 58.3 Å². The van der Waals surface area contributed by atoms with Gasteiger partial charge in [0.1, 0.15) is 0 Å². The molecule has 0 aliphatic carbocycles. The normalized spacial score (nSPS) is 20.7. The number of rotatable bonds is 7. The second kappa shape index (κ2) is 9.25. The van der Waals surface area contributed by atoms with E-state index in [1.807, 2.05) is 42.1 Å². The molecule has 2 atom stereocenters. The number of carbonyl (C=O) groups excluding carboxylic acids is 1. The van der Waals surface area contributed by atoms with Crippen LogP contribution >= 0.6 is 23.1 Å². The number of ether oxygens (including phenoxy) is 1. The number of nitrogens with one attached hydrogen (secondary N) is 1. The van der Waals surface area contributed by atoms with Crippen LogP contribution in [0, 0.1) is 5.92 Å². The summed E-state index contributed by atoms with van der Waals surface area (Å²) in [5.74, 6) is 2.00. The molecule has 0 spiro atoms. The van der Waals surface area contributed by atoms with Crippen LogP contribution in [0.2, 0.25) is 0 Å². The second-order valence-corrected chi connectivity index (χ2v) is 8.01. The van der Waals surface area contributed by atoms with E-state index < -0.39 is 0 Å². The Balaban J connectivity index is 1.45. The minimum absolute atomic E-state index is 0.0801. The summed E-state index contributed by atoms with van der Waals surface area (Å²) < 4.78 is 5.91. The van der Waals surface area contributed by atoms with Crippen molar-refractivity contribution in [1.82, 2.24) is 5.32 Å². The molecule has 1 aliphatic heterocycles. The van der Waals surface area contributed by atoms with Gasteiger partial charge < -0.3 is 10.1 Å². The minimum atomic E-state index is -0.112. The standard InChI is InChI=1S/C19H23NO2S2/c21-19(20-10-13-23-14-16-8-5-12-24-16)17-9-4-11-22-18(17)15-6-2-1-3-7-15/h1-3,5-8,12,17-18H,4,9-11,13-14H2,(H,20,21)/t17-,18-/m0/s1. The molecule has 0 saturated carbocycles. The molecule has 2 heterocycles. The van der Waals surface area contributed by atoms with Crippen molar-refractivity contribution in [2.45, 2.75) is 24.7 Å². The van der Waals surface area contributed by atoms with Crippen LogP contribution < -0.4 is 5.32 Å². The van der Waals surface area contributed by atoms with Gasteiger partial charge in [-0.3, -0.25) is 4.79 Å². The Morgan fingerprint density at radius 2 is 2.12 bits per heavy atom. The van der Waals surface area contributed by atoms with Gasteiger partial charge in [0.25, 0.3) is 0 Å². The highest BCUT2D eigenvalue weighted by Gasteiger charge is 2.32. The van der Waals surface area contributed by atoms with E-state index in [-0.39, 0.29) is 17.9 Å². The molecule has 24 heavy (non-hydrogen) atoms. The van der Waals surface area contributed by atoms with Crippen LogP contribution in [-0.2, 0) is 15.3 Å². The van der Waals surface area contributed by atoms with Crippen molar-refractivity contribution in [1.29, 1.82) is 0 Å². The summed E-state index contributed by atoms with van der Waals surface area (Å²) in [7, 11) is 0. The Morgan fingerprint density at radius 3 is 2.92 bits per heavy atom. The predicted molar refractivity (Wildman–Crippen MR) is 101 cm³/mol. The Bertz CT molecular complexity index is 616. The highest BCUT2D eigenvalue weighted by atomic mass is 32.2. The molecule has 1 saturated heterocycles. The third-order valence-corrected chi connectivity index (χ3v) is 6.22. The number of thiophene rings is 1. The summed E-state index contributed by atoms with van der Waals surface area (Å²) in [6.07, 6.45) is 1.74. The predicted octanol–water partition coefficient (Wildman–Crippen LogP) is 4.27. The maximum atomic E-state index is 12.6. The largest absolute Gasteiger partial charge is 0.373 e. The maximum absolute atomic E-state index is 12.6. The number of hydrogen-bond donors (Lipinski definition) is 1. The van der Waals surface area contributed by atoms with E-state index in [2.05, 4.69) is 22.8 Å². The van der Waals surface area contributed by atoms with Crippen LogP contribution in [0.25, 0.3) is 0 Å². The van der Waals surface area contributed by atoms with Crippen molar-refractivity contribution in [2.24, 2.45) is 5.92 Å². The second-order valence-electron chi connectivity index (χ2n) is 5.87. The molecule has 0 unspecified atom stereocenters. The van der Waals surface area contributed by atoms with Crippen molar-refractivity contribution >= 4 is 29.0 Å². The first kappa shape index (κ1) is 17.5. The molecule has 128 valence electrons. The fourth-order valence-electron chi connectivity index (χ4n) is 2.97. The van der Waals surface area contributed by atoms with Crippen molar-refractivity contribution in [2.75, 3.05) is 18.9 Å². The molecule has 1 N–H and O–H groups in total. The van der Waals surface area contributed by atoms with Gasteiger partial charge in [-0.25, -0.2) is 0 Å². The van der Waals surface area contributed by atoms with Gasteiger partial charge in [0.15, 0.2) is 0 Å². The maximum Gasteiger partial charge on any atom is 0.226 e. The average Bonchev–Trinajstić information content (AvgIpc) is 3.15. The first-order valence-electron chi connectivity index (χ1n) is 8.39. The van der Waals surface area contributed by atoms with Crippen LogP contribution in [0.5, 0.6) is 0 Å². The monoisotopic (exact) mass is 361 g/mol. The number of thioether (sulfide) groups is 1. The van der Waals surface area contributed by atoms with E-state index in [0.29, 0.717) is 6.54 Å². The Hall–Kier alpha value is -1.30. The molecule has 3 rings (SSSR count). The lowest BCUT2D eigenvalue weighted by Gasteiger charge is -2.31. The lowest BCUT2D eigenvalue weighted by Crippen LogP contribution is -2.38. The average molecular weight is 362 g/mol. The van der Waals surface area contributed by atoms with Crippen molar-refractivity contribution in [3.8, 4) is 0 Å². The van der Waals surface area contributed by atoms with Gasteiger partial charge >= 0.3 is 0 Å². The summed E-state index contributed by atoms with van der Waals surface area (Å²) in [6.45, 7) is 1.45. The minimum Gasteiger partial charge on any atom is -0.373 e. The third-order valence-electron chi connectivity index (χ3n) is 4.16. The van der Waals surface area contributed by atoms with Crippen molar-refractivity contribution < 1.29 is 9.53 Å². The quantitative estimate of drug-likeness (QED) is 0.749. The first-order chi connectivity index (χ1) is 11.8. The van der Waals surface area contributed by atoms with Gasteiger partial charge in [-0.1, -0.05) is 36.4 Å². The van der Waals surface area contributed by atoms with Crippen LogP contribution in [-0.4, -0.2) is 24.8 Å². The molecule has 3 nitrogen and oxygen atoms in total. The first-order valence-corrected chi connectivity index (χ1v) is 10.4. The smallest absolute Gasteiger partial charge is 0.226 e. The molecule has 2 aromatic rings. The summed E-state index contributed by atoms with van der Waals surface area (Å²) in [5.41, 5.74) is 1.10. The summed E-state index contributed by atoms with van der Waals surface area (Å²) in [4.78, 5) is 14.0. The third kappa shape index (κ3) is 4.85. The van der Waals surface area contributed by atoms with Crippen LogP contribution in [0.3, 0.4) is 0 Å². The van der Waals surface area contributed by atoms with Crippen LogP contribution in [0.1, 0.15) is 29.4 Å². The fraction of sp³-hybridized carbons (Fsp3) is 0.421. The van der Waals surface area contributed by atoms with E-state index in [4.69, 9.17) is 4.74 Å². The molecule has 1 aromatic carbocycles. The van der Waals surface area contributed by atoms with E-state index in [0.717, 1.165) is 36.5 Å². The SMILES string of the molecule is O=C(NCCSCc1cccs1)[C@H]1CCCO[C@H]1c1ccccc1. The zero-order chi connectivity index (χ0) is 16.6. The van der Waals surface area contributed by atoms with E-state index in [9.17, 15) is 4.79 Å². The van der Waals surface area contributed by atoms with E-state index in [1.165, 1.54) is 4.88 Å². The van der Waals surface area contributed by atoms with Gasteiger partial charge in [-0.15, -0.1) is 11.3 Å². The number of carbonyl (C=O) groups is 1. The molecular weight excluding hydrogens is 338 g/mol. The highest BCUT2D eigenvalue weighted by molar-refractivity contribution is 7.98. The van der Waals surface area contributed by atoms with E-state index in [1.54, 1.807) is 11.3 Å². The lowest BCUT2D eigenvalue weighted by atomic mass is 9.89. The fourth-order valence-corrected chi connectivity index (χ4v) is 4.67. The zero-order valence-electron chi connectivity index (χ0n) is 13.6. The number of hydrogen-bond acceptors (Lipinski definition) is 4. The Labute approximate surface area is 151 Å². The van der Waals surface area contributed by atoms with Crippen LogP contribution in [0.4, 0.5) is 0 Å². The molecule has 5 heteroatoms. The zero-order valence-corrected chi connectivity index (χ0v) is 15.3. The van der Waals surface area contributed by atoms with Gasteiger partial charge in [0.2, 0.25) is 5.91 Å². The van der Waals surface area contributed by atoms with Gasteiger partial charge in [-0.2, -0.15) is 11.8 Å². The summed E-state index contributed by atoms with van der Waals surface area (Å²) in [5, 5.41) is 5.20. The molecule has 1 aliphatic rings. The molecule has 1 amide bonds.